The summed E-state index contributed by atoms with van der Waals surface area (Å²) >= 11 is 0. The fraction of sp³-hybridized carbons (Fsp3) is 0.308. The molecule has 0 fully saturated rings. The maximum Gasteiger partial charge on any atom is 0.235 e. The highest BCUT2D eigenvalue weighted by molar-refractivity contribution is 6.00. The standard InChI is InChI=1S/C26H27N3O4/c1-29(2)11-12-31-24-10-8-21(16-27-24)28-25(30)26(14-18-5-3-4-6-19(18)15-26)20-7-9-22-23(13-20)33-17-32-22/h3-10,13,16H,11-12,14-15,17H2,1-2H3,(H,28,30). The number of ether oxygens (including phenoxy) is 3. The number of amides is 1. The third-order valence-electron chi connectivity index (χ3n) is 6.25. The summed E-state index contributed by atoms with van der Waals surface area (Å²) in [6, 6.07) is 17.6. The second-order valence-corrected chi connectivity index (χ2v) is 8.76. The maximum atomic E-state index is 13.8. The largest absolute Gasteiger partial charge is 0.476 e. The van der Waals surface area contributed by atoms with Gasteiger partial charge in [-0.25, -0.2) is 4.98 Å². The van der Waals surface area contributed by atoms with E-state index in [1.165, 1.54) is 11.1 Å². The fourth-order valence-corrected chi connectivity index (χ4v) is 4.43. The van der Waals surface area contributed by atoms with Crippen molar-refractivity contribution in [2.24, 2.45) is 0 Å². The average molecular weight is 446 g/mol. The predicted molar refractivity (Wildman–Crippen MR) is 125 cm³/mol. The molecular formula is C26H27N3O4. The SMILES string of the molecule is CN(C)CCOc1ccc(NC(=O)C2(c3ccc4c(c3)OCO4)Cc3ccccc3C2)cn1. The zero-order chi connectivity index (χ0) is 22.8. The first kappa shape index (κ1) is 21.3. The number of nitrogens with zero attached hydrogens (tertiary/aromatic N) is 2. The van der Waals surface area contributed by atoms with Crippen molar-refractivity contribution in [2.45, 2.75) is 18.3 Å². The number of hydrogen-bond donors (Lipinski definition) is 1. The summed E-state index contributed by atoms with van der Waals surface area (Å²) in [6.07, 6.45) is 2.87. The first-order valence-electron chi connectivity index (χ1n) is 11.1. The van der Waals surface area contributed by atoms with Gasteiger partial charge >= 0.3 is 0 Å². The molecule has 0 saturated carbocycles. The van der Waals surface area contributed by atoms with Gasteiger partial charge in [0.2, 0.25) is 18.6 Å². The zero-order valence-corrected chi connectivity index (χ0v) is 18.8. The molecule has 170 valence electrons. The number of aromatic nitrogens is 1. The molecule has 0 atom stereocenters. The van der Waals surface area contributed by atoms with Crippen molar-refractivity contribution in [2.75, 3.05) is 39.4 Å². The van der Waals surface area contributed by atoms with Crippen LogP contribution in [0.2, 0.25) is 0 Å². The minimum Gasteiger partial charge on any atom is -0.476 e. The molecule has 33 heavy (non-hydrogen) atoms. The predicted octanol–water partition coefficient (Wildman–Crippen LogP) is 3.43. The van der Waals surface area contributed by atoms with Gasteiger partial charge in [0.25, 0.3) is 0 Å². The molecule has 5 rings (SSSR count). The highest BCUT2D eigenvalue weighted by atomic mass is 16.7. The van der Waals surface area contributed by atoms with Gasteiger partial charge in [-0.2, -0.15) is 0 Å². The summed E-state index contributed by atoms with van der Waals surface area (Å²) in [5.74, 6) is 1.85. The van der Waals surface area contributed by atoms with E-state index in [1.807, 2.05) is 55.4 Å². The first-order chi connectivity index (χ1) is 16.0. The number of carbonyl (C=O) groups excluding carboxylic acids is 1. The van der Waals surface area contributed by atoms with E-state index in [0.717, 1.165) is 12.1 Å². The molecule has 3 aromatic rings. The van der Waals surface area contributed by atoms with Gasteiger partial charge in [-0.15, -0.1) is 0 Å². The highest BCUT2D eigenvalue weighted by Gasteiger charge is 2.46. The van der Waals surface area contributed by atoms with Crippen molar-refractivity contribution in [3.63, 3.8) is 0 Å². The Morgan fingerprint density at radius 1 is 1.06 bits per heavy atom. The van der Waals surface area contributed by atoms with Gasteiger partial charge in [0.05, 0.1) is 17.3 Å². The average Bonchev–Trinajstić information content (AvgIpc) is 3.44. The summed E-state index contributed by atoms with van der Waals surface area (Å²) in [7, 11) is 3.99. The van der Waals surface area contributed by atoms with Crippen LogP contribution in [0.15, 0.2) is 60.8 Å². The van der Waals surface area contributed by atoms with E-state index in [4.69, 9.17) is 14.2 Å². The molecule has 2 aliphatic rings. The van der Waals surface area contributed by atoms with Crippen molar-refractivity contribution < 1.29 is 19.0 Å². The molecule has 1 N–H and O–H groups in total. The zero-order valence-electron chi connectivity index (χ0n) is 18.8. The Balaban J connectivity index is 1.39. The van der Waals surface area contributed by atoms with Crippen molar-refractivity contribution in [1.29, 1.82) is 0 Å². The van der Waals surface area contributed by atoms with Crippen LogP contribution in [0.1, 0.15) is 16.7 Å². The van der Waals surface area contributed by atoms with Crippen molar-refractivity contribution >= 4 is 11.6 Å². The number of anilines is 1. The molecule has 0 unspecified atom stereocenters. The second-order valence-electron chi connectivity index (χ2n) is 8.76. The van der Waals surface area contributed by atoms with Crippen molar-refractivity contribution in [1.82, 2.24) is 9.88 Å². The van der Waals surface area contributed by atoms with Gasteiger partial charge in [0.1, 0.15) is 6.61 Å². The van der Waals surface area contributed by atoms with Crippen LogP contribution in [0.4, 0.5) is 5.69 Å². The summed E-state index contributed by atoms with van der Waals surface area (Å²) < 4.78 is 16.7. The topological polar surface area (TPSA) is 72.9 Å². The van der Waals surface area contributed by atoms with Crippen LogP contribution in [0.25, 0.3) is 0 Å². The molecule has 1 aliphatic heterocycles. The monoisotopic (exact) mass is 445 g/mol. The van der Waals surface area contributed by atoms with E-state index in [9.17, 15) is 4.79 Å². The Bertz CT molecular complexity index is 1140. The molecule has 1 amide bonds. The van der Waals surface area contributed by atoms with Crippen molar-refractivity contribution in [3.05, 3.63) is 77.5 Å². The maximum absolute atomic E-state index is 13.8. The number of hydrogen-bond acceptors (Lipinski definition) is 6. The van der Waals surface area contributed by atoms with E-state index in [2.05, 4.69) is 22.4 Å². The van der Waals surface area contributed by atoms with Gasteiger partial charge in [-0.1, -0.05) is 30.3 Å². The van der Waals surface area contributed by atoms with Crippen LogP contribution in [0.5, 0.6) is 17.4 Å². The minimum atomic E-state index is -0.744. The molecule has 0 saturated heterocycles. The molecule has 0 bridgehead atoms. The Kier molecular flexibility index (Phi) is 5.64. The van der Waals surface area contributed by atoms with Crippen LogP contribution >= 0.6 is 0 Å². The lowest BCUT2D eigenvalue weighted by Crippen LogP contribution is -2.41. The lowest BCUT2D eigenvalue weighted by molar-refractivity contribution is -0.121. The first-order valence-corrected chi connectivity index (χ1v) is 11.1. The Morgan fingerprint density at radius 3 is 2.52 bits per heavy atom. The van der Waals surface area contributed by atoms with Crippen LogP contribution < -0.4 is 19.5 Å². The normalized spacial score (nSPS) is 15.4. The quantitative estimate of drug-likeness (QED) is 0.601. The van der Waals surface area contributed by atoms with Crippen LogP contribution in [-0.4, -0.2) is 49.8 Å². The van der Waals surface area contributed by atoms with Crippen LogP contribution in [0.3, 0.4) is 0 Å². The molecule has 1 aromatic heterocycles. The number of rotatable bonds is 7. The molecule has 2 aromatic carbocycles. The summed E-state index contributed by atoms with van der Waals surface area (Å²) in [5, 5.41) is 3.09. The molecular weight excluding hydrogens is 418 g/mol. The molecule has 0 spiro atoms. The molecule has 2 heterocycles. The summed E-state index contributed by atoms with van der Waals surface area (Å²) in [4.78, 5) is 20.2. The third kappa shape index (κ3) is 4.24. The lowest BCUT2D eigenvalue weighted by atomic mass is 9.76. The number of pyridine rings is 1. The van der Waals surface area contributed by atoms with E-state index >= 15 is 0 Å². The molecule has 0 radical (unpaired) electrons. The Morgan fingerprint density at radius 2 is 1.82 bits per heavy atom. The van der Waals surface area contributed by atoms with E-state index in [0.29, 0.717) is 42.5 Å². The van der Waals surface area contributed by atoms with Crippen LogP contribution in [0, 0.1) is 0 Å². The summed E-state index contributed by atoms with van der Waals surface area (Å²) in [5.41, 5.74) is 3.18. The number of likely N-dealkylation sites (N-methyl/N-ethyl adjacent to an activating group) is 1. The van der Waals surface area contributed by atoms with Gasteiger partial charge in [-0.05, 0) is 61.8 Å². The molecule has 7 nitrogen and oxygen atoms in total. The third-order valence-corrected chi connectivity index (χ3v) is 6.25. The minimum absolute atomic E-state index is 0.0689. The second kappa shape index (κ2) is 8.75. The number of fused-ring (bicyclic) bond motifs is 2. The van der Waals surface area contributed by atoms with Crippen molar-refractivity contribution in [3.8, 4) is 17.4 Å². The van der Waals surface area contributed by atoms with Crippen LogP contribution in [-0.2, 0) is 23.1 Å². The summed E-state index contributed by atoms with van der Waals surface area (Å²) in [6.45, 7) is 1.56. The molecule has 7 heteroatoms. The van der Waals surface area contributed by atoms with Gasteiger partial charge in [-0.3, -0.25) is 4.79 Å². The van der Waals surface area contributed by atoms with E-state index < -0.39 is 5.41 Å². The van der Waals surface area contributed by atoms with Gasteiger partial charge in [0, 0.05) is 12.6 Å². The fourth-order valence-electron chi connectivity index (χ4n) is 4.43. The number of benzene rings is 2. The number of carbonyl (C=O) groups is 1. The molecule has 1 aliphatic carbocycles. The Hall–Kier alpha value is -3.58. The van der Waals surface area contributed by atoms with Gasteiger partial charge in [0.15, 0.2) is 11.5 Å². The highest BCUT2D eigenvalue weighted by Crippen LogP contribution is 2.44. The van der Waals surface area contributed by atoms with E-state index in [1.54, 1.807) is 12.3 Å². The smallest absolute Gasteiger partial charge is 0.235 e. The number of nitrogens with one attached hydrogen (secondary N) is 1. The van der Waals surface area contributed by atoms with E-state index in [-0.39, 0.29) is 12.7 Å². The Labute approximate surface area is 193 Å². The lowest BCUT2D eigenvalue weighted by Gasteiger charge is -2.28. The van der Waals surface area contributed by atoms with Gasteiger partial charge < -0.3 is 24.4 Å².